The van der Waals surface area contributed by atoms with Crippen molar-refractivity contribution in [2.24, 2.45) is 5.92 Å². The zero-order valence-electron chi connectivity index (χ0n) is 12.9. The minimum absolute atomic E-state index is 0.424. The van der Waals surface area contributed by atoms with E-state index in [-0.39, 0.29) is 0 Å². The third-order valence-electron chi connectivity index (χ3n) is 3.90. The van der Waals surface area contributed by atoms with Gasteiger partial charge in [0.1, 0.15) is 0 Å². The molecule has 1 N–H and O–H groups in total. The topological polar surface area (TPSA) is 12.0 Å². The molecule has 0 spiro atoms. The lowest BCUT2D eigenvalue weighted by Gasteiger charge is -2.25. The first-order valence-electron chi connectivity index (χ1n) is 7.80. The second kappa shape index (κ2) is 10.0. The highest BCUT2D eigenvalue weighted by Gasteiger charge is 2.18. The fourth-order valence-corrected chi connectivity index (χ4v) is 3.56. The molecule has 2 unspecified atom stereocenters. The Morgan fingerprint density at radius 3 is 2.60 bits per heavy atom. The summed E-state index contributed by atoms with van der Waals surface area (Å²) >= 11 is 8.60. The number of hydrogen-bond donors (Lipinski definition) is 1. The third-order valence-corrected chi connectivity index (χ3v) is 5.11. The number of halogens is 2. The Morgan fingerprint density at radius 2 is 2.00 bits per heavy atom. The van der Waals surface area contributed by atoms with E-state index in [2.05, 4.69) is 60.8 Å². The van der Waals surface area contributed by atoms with Gasteiger partial charge in [0.15, 0.2) is 0 Å². The van der Waals surface area contributed by atoms with Crippen LogP contribution in [0.3, 0.4) is 0 Å². The summed E-state index contributed by atoms with van der Waals surface area (Å²) in [6.07, 6.45) is 6.44. The second-order valence-corrected chi connectivity index (χ2v) is 7.03. The van der Waals surface area contributed by atoms with Crippen LogP contribution in [0, 0.1) is 9.49 Å². The van der Waals surface area contributed by atoms with Gasteiger partial charge >= 0.3 is 0 Å². The van der Waals surface area contributed by atoms with Crippen LogP contribution in [0.5, 0.6) is 0 Å². The molecule has 0 saturated carbocycles. The fourth-order valence-electron chi connectivity index (χ4n) is 2.66. The normalized spacial score (nSPS) is 14.2. The first kappa shape index (κ1) is 18.2. The average molecular weight is 408 g/mol. The standard InChI is InChI=1S/C17H27ClIN/c1-4-7-8-13(5-2)11-17(20-6-3)15-12-14(18)9-10-16(15)19/h9-10,12-13,17,20H,4-8,11H2,1-3H3. The lowest BCUT2D eigenvalue weighted by atomic mass is 9.89. The molecule has 114 valence electrons. The highest BCUT2D eigenvalue weighted by Crippen LogP contribution is 2.31. The molecule has 0 saturated heterocycles. The molecule has 1 aromatic rings. The summed E-state index contributed by atoms with van der Waals surface area (Å²) < 4.78 is 1.31. The zero-order chi connectivity index (χ0) is 15.0. The van der Waals surface area contributed by atoms with Crippen LogP contribution in [-0.4, -0.2) is 6.54 Å². The largest absolute Gasteiger partial charge is 0.310 e. The van der Waals surface area contributed by atoms with Crippen molar-refractivity contribution in [1.82, 2.24) is 5.32 Å². The summed E-state index contributed by atoms with van der Waals surface area (Å²) in [5.41, 5.74) is 1.36. The van der Waals surface area contributed by atoms with Gasteiger partial charge in [0.25, 0.3) is 0 Å². The molecular weight excluding hydrogens is 381 g/mol. The molecule has 20 heavy (non-hydrogen) atoms. The summed E-state index contributed by atoms with van der Waals surface area (Å²) in [4.78, 5) is 0. The van der Waals surface area contributed by atoms with Crippen LogP contribution >= 0.6 is 34.2 Å². The maximum Gasteiger partial charge on any atom is 0.0410 e. The zero-order valence-corrected chi connectivity index (χ0v) is 15.8. The smallest absolute Gasteiger partial charge is 0.0410 e. The minimum Gasteiger partial charge on any atom is -0.310 e. The molecule has 0 heterocycles. The van der Waals surface area contributed by atoms with E-state index in [1.807, 2.05) is 6.07 Å². The Kier molecular flexibility index (Phi) is 9.14. The molecule has 0 aromatic heterocycles. The van der Waals surface area contributed by atoms with Gasteiger partial charge in [-0.05, 0) is 65.2 Å². The number of hydrogen-bond acceptors (Lipinski definition) is 1. The first-order chi connectivity index (χ1) is 9.62. The highest BCUT2D eigenvalue weighted by molar-refractivity contribution is 14.1. The summed E-state index contributed by atoms with van der Waals surface area (Å²) in [5.74, 6) is 0.800. The van der Waals surface area contributed by atoms with Crippen molar-refractivity contribution in [3.63, 3.8) is 0 Å². The molecule has 3 heteroatoms. The summed E-state index contributed by atoms with van der Waals surface area (Å²) in [6.45, 7) is 7.76. The number of nitrogens with one attached hydrogen (secondary N) is 1. The molecule has 2 atom stereocenters. The van der Waals surface area contributed by atoms with Crippen molar-refractivity contribution in [3.8, 4) is 0 Å². The maximum atomic E-state index is 6.18. The van der Waals surface area contributed by atoms with E-state index in [4.69, 9.17) is 11.6 Å². The van der Waals surface area contributed by atoms with Gasteiger partial charge < -0.3 is 5.32 Å². The number of benzene rings is 1. The van der Waals surface area contributed by atoms with Crippen LogP contribution in [0.4, 0.5) is 0 Å². The van der Waals surface area contributed by atoms with Crippen LogP contribution < -0.4 is 5.32 Å². The molecule has 1 rings (SSSR count). The Hall–Kier alpha value is 0.200. The Morgan fingerprint density at radius 1 is 1.25 bits per heavy atom. The molecular formula is C17H27ClIN. The van der Waals surface area contributed by atoms with Crippen molar-refractivity contribution in [3.05, 3.63) is 32.4 Å². The van der Waals surface area contributed by atoms with Gasteiger partial charge in [-0.25, -0.2) is 0 Å². The quantitative estimate of drug-likeness (QED) is 0.480. The maximum absolute atomic E-state index is 6.18. The SMILES string of the molecule is CCCCC(CC)CC(NCC)c1cc(Cl)ccc1I. The Balaban J connectivity index is 2.84. The van der Waals surface area contributed by atoms with Crippen molar-refractivity contribution in [2.75, 3.05) is 6.54 Å². The van der Waals surface area contributed by atoms with E-state index in [0.29, 0.717) is 6.04 Å². The van der Waals surface area contributed by atoms with Gasteiger partial charge in [-0.2, -0.15) is 0 Å². The van der Waals surface area contributed by atoms with Gasteiger partial charge in [-0.15, -0.1) is 0 Å². The Labute approximate surface area is 143 Å². The van der Waals surface area contributed by atoms with Crippen LogP contribution in [0.15, 0.2) is 18.2 Å². The van der Waals surface area contributed by atoms with E-state index in [1.54, 1.807) is 0 Å². The molecule has 0 radical (unpaired) electrons. The van der Waals surface area contributed by atoms with E-state index < -0.39 is 0 Å². The summed E-state index contributed by atoms with van der Waals surface area (Å²) in [7, 11) is 0. The molecule has 0 amide bonds. The molecule has 1 aromatic carbocycles. The lowest BCUT2D eigenvalue weighted by molar-refractivity contribution is 0.356. The van der Waals surface area contributed by atoms with Crippen LogP contribution in [0.2, 0.25) is 5.02 Å². The predicted octanol–water partition coefficient (Wildman–Crippen LogP) is 6.20. The molecule has 0 bridgehead atoms. The highest BCUT2D eigenvalue weighted by atomic mass is 127. The van der Waals surface area contributed by atoms with Gasteiger partial charge in [0.2, 0.25) is 0 Å². The summed E-state index contributed by atoms with van der Waals surface area (Å²) in [5, 5.41) is 4.48. The van der Waals surface area contributed by atoms with Gasteiger partial charge in [0, 0.05) is 14.6 Å². The van der Waals surface area contributed by atoms with Gasteiger partial charge in [0.05, 0.1) is 0 Å². The average Bonchev–Trinajstić information content (AvgIpc) is 2.45. The third kappa shape index (κ3) is 5.90. The van der Waals surface area contributed by atoms with Crippen molar-refractivity contribution >= 4 is 34.2 Å². The van der Waals surface area contributed by atoms with E-state index in [0.717, 1.165) is 17.5 Å². The fraction of sp³-hybridized carbons (Fsp3) is 0.647. The van der Waals surface area contributed by atoms with Crippen LogP contribution in [0.1, 0.15) is 64.5 Å². The molecule has 0 aliphatic carbocycles. The molecule has 0 aliphatic heterocycles. The van der Waals surface area contributed by atoms with Crippen molar-refractivity contribution < 1.29 is 0 Å². The van der Waals surface area contributed by atoms with Gasteiger partial charge in [-0.3, -0.25) is 0 Å². The summed E-state index contributed by atoms with van der Waals surface area (Å²) in [6, 6.07) is 6.65. The Bertz CT molecular complexity index is 395. The molecule has 0 aliphatic rings. The predicted molar refractivity (Wildman–Crippen MR) is 98.5 cm³/mol. The van der Waals surface area contributed by atoms with Crippen LogP contribution in [0.25, 0.3) is 0 Å². The van der Waals surface area contributed by atoms with E-state index >= 15 is 0 Å². The number of rotatable bonds is 9. The van der Waals surface area contributed by atoms with Crippen molar-refractivity contribution in [2.45, 2.75) is 58.9 Å². The molecule has 0 fully saturated rings. The van der Waals surface area contributed by atoms with Crippen molar-refractivity contribution in [1.29, 1.82) is 0 Å². The molecule has 1 nitrogen and oxygen atoms in total. The monoisotopic (exact) mass is 407 g/mol. The lowest BCUT2D eigenvalue weighted by Crippen LogP contribution is -2.24. The van der Waals surface area contributed by atoms with Crippen LogP contribution in [-0.2, 0) is 0 Å². The number of unbranched alkanes of at least 4 members (excludes halogenated alkanes) is 1. The first-order valence-corrected chi connectivity index (χ1v) is 9.26. The van der Waals surface area contributed by atoms with E-state index in [1.165, 1.54) is 41.2 Å². The van der Waals surface area contributed by atoms with Gasteiger partial charge in [-0.1, -0.05) is 58.1 Å². The van der Waals surface area contributed by atoms with E-state index in [9.17, 15) is 0 Å². The second-order valence-electron chi connectivity index (χ2n) is 5.43. The minimum atomic E-state index is 0.424.